The van der Waals surface area contributed by atoms with Gasteiger partial charge in [-0.2, -0.15) is 0 Å². The van der Waals surface area contributed by atoms with E-state index in [1.54, 1.807) is 12.0 Å². The molecule has 2 amide bonds. The molecule has 0 unspecified atom stereocenters. The van der Waals surface area contributed by atoms with Crippen molar-refractivity contribution in [1.82, 2.24) is 10.2 Å². The number of carbonyl (C=O) groups excluding carboxylic acids is 1. The van der Waals surface area contributed by atoms with Crippen molar-refractivity contribution in [2.24, 2.45) is 5.92 Å². The molecule has 6 heteroatoms. The maximum atomic E-state index is 12.5. The van der Waals surface area contributed by atoms with Gasteiger partial charge in [-0.05, 0) is 44.4 Å². The summed E-state index contributed by atoms with van der Waals surface area (Å²) in [6.07, 6.45) is 4.70. The molecule has 0 atom stereocenters. The van der Waals surface area contributed by atoms with Gasteiger partial charge in [-0.1, -0.05) is 6.92 Å². The second-order valence-electron chi connectivity index (χ2n) is 6.42. The SMILES string of the molecule is COCCN(C(=O)NC1(C(=O)O)CCC(C)CC1)C1CC1. The Labute approximate surface area is 125 Å². The van der Waals surface area contributed by atoms with E-state index in [1.165, 1.54) is 0 Å². The number of aliphatic carboxylic acids is 1. The van der Waals surface area contributed by atoms with Crippen LogP contribution in [0.4, 0.5) is 4.79 Å². The Kier molecular flexibility index (Phi) is 5.08. The lowest BCUT2D eigenvalue weighted by atomic mass is 9.77. The Morgan fingerprint density at radius 2 is 1.90 bits per heavy atom. The molecule has 21 heavy (non-hydrogen) atoms. The summed E-state index contributed by atoms with van der Waals surface area (Å²) in [6.45, 7) is 3.11. The fourth-order valence-corrected chi connectivity index (χ4v) is 2.95. The molecule has 2 saturated carbocycles. The minimum atomic E-state index is -1.09. The van der Waals surface area contributed by atoms with Crippen LogP contribution in [0.5, 0.6) is 0 Å². The summed E-state index contributed by atoms with van der Waals surface area (Å²) in [6, 6.07) is -0.0139. The lowest BCUT2D eigenvalue weighted by Crippen LogP contribution is -2.59. The van der Waals surface area contributed by atoms with Crippen LogP contribution in [0.15, 0.2) is 0 Å². The van der Waals surface area contributed by atoms with Crippen LogP contribution in [-0.4, -0.2) is 53.8 Å². The summed E-state index contributed by atoms with van der Waals surface area (Å²) in [7, 11) is 1.60. The number of urea groups is 1. The standard InChI is InChI=1S/C15H26N2O4/c1-11-5-7-15(8-6-11,13(18)19)16-14(20)17(9-10-21-2)12-3-4-12/h11-12H,3-10H2,1-2H3,(H,16,20)(H,18,19). The lowest BCUT2D eigenvalue weighted by molar-refractivity contribution is -0.146. The van der Waals surface area contributed by atoms with Gasteiger partial charge < -0.3 is 20.1 Å². The highest BCUT2D eigenvalue weighted by molar-refractivity contribution is 5.86. The first-order valence-electron chi connectivity index (χ1n) is 7.79. The molecule has 0 bridgehead atoms. The van der Waals surface area contributed by atoms with E-state index < -0.39 is 11.5 Å². The van der Waals surface area contributed by atoms with Gasteiger partial charge in [-0.25, -0.2) is 9.59 Å². The van der Waals surface area contributed by atoms with Crippen molar-refractivity contribution < 1.29 is 19.4 Å². The average molecular weight is 298 g/mol. The van der Waals surface area contributed by atoms with E-state index in [-0.39, 0.29) is 12.1 Å². The highest BCUT2D eigenvalue weighted by atomic mass is 16.5. The van der Waals surface area contributed by atoms with Crippen LogP contribution < -0.4 is 5.32 Å². The minimum Gasteiger partial charge on any atom is -0.480 e. The largest absolute Gasteiger partial charge is 0.480 e. The Bertz CT molecular complexity index is 387. The lowest BCUT2D eigenvalue weighted by Gasteiger charge is -2.38. The number of nitrogens with zero attached hydrogens (tertiary/aromatic N) is 1. The molecule has 6 nitrogen and oxygen atoms in total. The van der Waals surface area contributed by atoms with Crippen LogP contribution in [-0.2, 0) is 9.53 Å². The average Bonchev–Trinajstić information content (AvgIpc) is 3.26. The van der Waals surface area contributed by atoms with Gasteiger partial charge in [0.25, 0.3) is 0 Å². The van der Waals surface area contributed by atoms with Gasteiger partial charge in [0.1, 0.15) is 5.54 Å². The number of ether oxygens (including phenoxy) is 1. The number of methoxy groups -OCH3 is 1. The molecule has 120 valence electrons. The minimum absolute atomic E-state index is 0.244. The molecule has 0 aromatic carbocycles. The highest BCUT2D eigenvalue weighted by Crippen LogP contribution is 2.33. The molecule has 2 fully saturated rings. The van der Waals surface area contributed by atoms with Crippen molar-refractivity contribution in [2.45, 2.75) is 57.0 Å². The number of nitrogens with one attached hydrogen (secondary N) is 1. The molecule has 2 rings (SSSR count). The second kappa shape index (κ2) is 6.64. The topological polar surface area (TPSA) is 78.9 Å². The molecule has 0 aliphatic heterocycles. The van der Waals surface area contributed by atoms with Crippen LogP contribution in [0, 0.1) is 5.92 Å². The van der Waals surface area contributed by atoms with Gasteiger partial charge in [0.2, 0.25) is 0 Å². The third kappa shape index (κ3) is 3.87. The Hall–Kier alpha value is -1.30. The molecule has 2 aliphatic rings. The van der Waals surface area contributed by atoms with Gasteiger partial charge >= 0.3 is 12.0 Å². The van der Waals surface area contributed by atoms with Crippen molar-refractivity contribution in [3.8, 4) is 0 Å². The summed E-state index contributed by atoms with van der Waals surface area (Å²) in [5, 5.41) is 12.4. The van der Waals surface area contributed by atoms with Crippen molar-refractivity contribution >= 4 is 12.0 Å². The van der Waals surface area contributed by atoms with Crippen molar-refractivity contribution in [3.05, 3.63) is 0 Å². The number of hydrogen-bond donors (Lipinski definition) is 2. The highest BCUT2D eigenvalue weighted by Gasteiger charge is 2.44. The zero-order valence-corrected chi connectivity index (χ0v) is 12.9. The molecular formula is C15H26N2O4. The first kappa shape index (κ1) is 16.1. The van der Waals surface area contributed by atoms with Crippen LogP contribution >= 0.6 is 0 Å². The fourth-order valence-electron chi connectivity index (χ4n) is 2.95. The summed E-state index contributed by atoms with van der Waals surface area (Å²) >= 11 is 0. The molecule has 0 saturated heterocycles. The molecule has 0 aromatic heterocycles. The molecular weight excluding hydrogens is 272 g/mol. The summed E-state index contributed by atoms with van der Waals surface area (Å²) < 4.78 is 5.04. The third-order valence-electron chi connectivity index (χ3n) is 4.67. The monoisotopic (exact) mass is 298 g/mol. The van der Waals surface area contributed by atoms with Crippen LogP contribution in [0.1, 0.15) is 45.4 Å². The molecule has 0 heterocycles. The van der Waals surface area contributed by atoms with E-state index in [9.17, 15) is 14.7 Å². The Balaban J connectivity index is 2.01. The van der Waals surface area contributed by atoms with Gasteiger partial charge in [0.05, 0.1) is 6.61 Å². The van der Waals surface area contributed by atoms with E-state index in [0.717, 1.165) is 25.7 Å². The maximum absolute atomic E-state index is 12.5. The number of carboxylic acid groups (broad SMARTS) is 1. The molecule has 2 N–H and O–H groups in total. The first-order valence-corrected chi connectivity index (χ1v) is 7.79. The number of rotatable bonds is 6. The predicted molar refractivity (Wildman–Crippen MR) is 78.1 cm³/mol. The molecule has 0 aromatic rings. The van der Waals surface area contributed by atoms with E-state index in [1.807, 2.05) is 0 Å². The maximum Gasteiger partial charge on any atom is 0.329 e. The zero-order chi connectivity index (χ0) is 15.5. The number of amides is 2. The van der Waals surface area contributed by atoms with Crippen molar-refractivity contribution in [3.63, 3.8) is 0 Å². The van der Waals surface area contributed by atoms with Crippen molar-refractivity contribution in [2.75, 3.05) is 20.3 Å². The normalized spacial score (nSPS) is 29.0. The van der Waals surface area contributed by atoms with E-state index >= 15 is 0 Å². The predicted octanol–water partition coefficient (Wildman–Crippen LogP) is 1.84. The van der Waals surface area contributed by atoms with E-state index in [2.05, 4.69) is 12.2 Å². The summed E-state index contributed by atoms with van der Waals surface area (Å²) in [5.74, 6) is -0.382. The van der Waals surface area contributed by atoms with E-state index in [0.29, 0.717) is 31.9 Å². The second-order valence-corrected chi connectivity index (χ2v) is 6.42. The quantitative estimate of drug-likeness (QED) is 0.784. The zero-order valence-electron chi connectivity index (χ0n) is 12.9. The smallest absolute Gasteiger partial charge is 0.329 e. The Morgan fingerprint density at radius 1 is 1.29 bits per heavy atom. The first-order chi connectivity index (χ1) is 9.98. The molecule has 0 spiro atoms. The number of carbonyl (C=O) groups is 2. The van der Waals surface area contributed by atoms with Crippen LogP contribution in [0.2, 0.25) is 0 Å². The van der Waals surface area contributed by atoms with Gasteiger partial charge in [0, 0.05) is 19.7 Å². The van der Waals surface area contributed by atoms with Crippen molar-refractivity contribution in [1.29, 1.82) is 0 Å². The van der Waals surface area contributed by atoms with E-state index in [4.69, 9.17) is 4.74 Å². The van der Waals surface area contributed by atoms with Gasteiger partial charge in [-0.3, -0.25) is 0 Å². The van der Waals surface area contributed by atoms with Gasteiger partial charge in [0.15, 0.2) is 0 Å². The third-order valence-corrected chi connectivity index (χ3v) is 4.67. The number of carboxylic acids is 1. The number of hydrogen-bond acceptors (Lipinski definition) is 3. The van der Waals surface area contributed by atoms with Gasteiger partial charge in [-0.15, -0.1) is 0 Å². The Morgan fingerprint density at radius 3 is 2.38 bits per heavy atom. The van der Waals surface area contributed by atoms with Crippen LogP contribution in [0.3, 0.4) is 0 Å². The fraction of sp³-hybridized carbons (Fsp3) is 0.867. The molecule has 2 aliphatic carbocycles. The molecule has 0 radical (unpaired) electrons. The van der Waals surface area contributed by atoms with Crippen LogP contribution in [0.25, 0.3) is 0 Å². The summed E-state index contributed by atoms with van der Waals surface area (Å²) in [4.78, 5) is 25.9. The summed E-state index contributed by atoms with van der Waals surface area (Å²) in [5.41, 5.74) is -1.09.